The first-order valence-corrected chi connectivity index (χ1v) is 13.3. The van der Waals surface area contributed by atoms with Gasteiger partial charge < -0.3 is 21.4 Å². The number of nitrogens with one attached hydrogen (secondary N) is 3. The average Bonchev–Trinajstić information content (AvgIpc) is 3.29. The number of hydrogen-bond acceptors (Lipinski definition) is 3. The average molecular weight is 525 g/mol. The Morgan fingerprint density at radius 1 is 1.05 bits per heavy atom. The SMILES string of the molecule is CC(C)[C@@H]1CC[C@@H](C)C[C@H]1C(=O)NCC(NC(=O)C(N)Cc1c[nH]c2ccccc12)c1ccccc1.Cl. The predicted octanol–water partition coefficient (Wildman–Crippen LogP) is 5.14. The van der Waals surface area contributed by atoms with Crippen molar-refractivity contribution in [2.45, 2.75) is 58.5 Å². The van der Waals surface area contributed by atoms with Crippen LogP contribution in [0, 0.1) is 23.7 Å². The molecule has 0 saturated heterocycles. The summed E-state index contributed by atoms with van der Waals surface area (Å²) in [4.78, 5) is 29.7. The molecule has 2 aromatic carbocycles. The fourth-order valence-corrected chi connectivity index (χ4v) is 5.68. The number of carbonyl (C=O) groups is 2. The fourth-order valence-electron chi connectivity index (χ4n) is 5.68. The van der Waals surface area contributed by atoms with Crippen LogP contribution >= 0.6 is 12.4 Å². The smallest absolute Gasteiger partial charge is 0.237 e. The van der Waals surface area contributed by atoms with Gasteiger partial charge in [0.2, 0.25) is 11.8 Å². The van der Waals surface area contributed by atoms with Crippen LogP contribution in [0.1, 0.15) is 57.2 Å². The van der Waals surface area contributed by atoms with Crippen molar-refractivity contribution < 1.29 is 9.59 Å². The molecule has 3 aromatic rings. The Balaban J connectivity index is 0.00000380. The Kier molecular flexibility index (Phi) is 10.2. The quantitative estimate of drug-likeness (QED) is 0.312. The van der Waals surface area contributed by atoms with E-state index in [0.717, 1.165) is 34.9 Å². The van der Waals surface area contributed by atoms with Crippen LogP contribution in [0.5, 0.6) is 0 Å². The number of hydrogen-bond donors (Lipinski definition) is 4. The van der Waals surface area contributed by atoms with Gasteiger partial charge in [-0.3, -0.25) is 9.59 Å². The Morgan fingerprint density at radius 2 is 1.76 bits per heavy atom. The minimum absolute atomic E-state index is 0. The Labute approximate surface area is 226 Å². The number of para-hydroxylation sites is 1. The van der Waals surface area contributed by atoms with Gasteiger partial charge in [-0.15, -0.1) is 12.4 Å². The zero-order valence-corrected chi connectivity index (χ0v) is 22.9. The van der Waals surface area contributed by atoms with Gasteiger partial charge in [-0.05, 0) is 54.2 Å². The van der Waals surface area contributed by atoms with E-state index in [0.29, 0.717) is 30.7 Å². The van der Waals surface area contributed by atoms with Gasteiger partial charge in [0.25, 0.3) is 0 Å². The molecule has 1 fully saturated rings. The first kappa shape index (κ1) is 28.7. The van der Waals surface area contributed by atoms with Crippen LogP contribution in [-0.4, -0.2) is 29.4 Å². The number of amides is 2. The molecule has 6 nitrogen and oxygen atoms in total. The van der Waals surface area contributed by atoms with E-state index in [1.807, 2.05) is 60.8 Å². The zero-order chi connectivity index (χ0) is 25.7. The largest absolute Gasteiger partial charge is 0.361 e. The summed E-state index contributed by atoms with van der Waals surface area (Å²) in [6.07, 6.45) is 5.55. The van der Waals surface area contributed by atoms with Crippen LogP contribution in [0.2, 0.25) is 0 Å². The van der Waals surface area contributed by atoms with Gasteiger partial charge in [-0.2, -0.15) is 0 Å². The number of nitrogens with two attached hydrogens (primary N) is 1. The van der Waals surface area contributed by atoms with Gasteiger partial charge in [0, 0.05) is 29.6 Å². The summed E-state index contributed by atoms with van der Waals surface area (Å²) < 4.78 is 0. The lowest BCUT2D eigenvalue weighted by atomic mass is 9.70. The molecule has 5 atom stereocenters. The molecule has 2 unspecified atom stereocenters. The minimum Gasteiger partial charge on any atom is -0.361 e. The third kappa shape index (κ3) is 7.14. The number of aromatic nitrogens is 1. The van der Waals surface area contributed by atoms with E-state index in [9.17, 15) is 9.59 Å². The maximum absolute atomic E-state index is 13.3. The van der Waals surface area contributed by atoms with Crippen molar-refractivity contribution in [2.75, 3.05) is 6.54 Å². The van der Waals surface area contributed by atoms with E-state index >= 15 is 0 Å². The number of benzene rings is 2. The van der Waals surface area contributed by atoms with Gasteiger partial charge in [0.1, 0.15) is 0 Å². The summed E-state index contributed by atoms with van der Waals surface area (Å²) >= 11 is 0. The fraction of sp³-hybridized carbons (Fsp3) is 0.467. The van der Waals surface area contributed by atoms with Gasteiger partial charge in [0.05, 0.1) is 12.1 Å². The van der Waals surface area contributed by atoms with Crippen LogP contribution in [0.3, 0.4) is 0 Å². The summed E-state index contributed by atoms with van der Waals surface area (Å²) in [6.45, 7) is 7.00. The molecule has 37 heavy (non-hydrogen) atoms. The summed E-state index contributed by atoms with van der Waals surface area (Å²) in [5.74, 6) is 1.32. The molecule has 2 amide bonds. The van der Waals surface area contributed by atoms with E-state index in [1.165, 1.54) is 6.42 Å². The summed E-state index contributed by atoms with van der Waals surface area (Å²) in [5.41, 5.74) is 9.35. The van der Waals surface area contributed by atoms with Crippen molar-refractivity contribution in [1.29, 1.82) is 0 Å². The first-order valence-electron chi connectivity index (χ1n) is 13.3. The summed E-state index contributed by atoms with van der Waals surface area (Å²) in [5, 5.41) is 7.35. The van der Waals surface area contributed by atoms with Gasteiger partial charge in [-0.1, -0.05) is 75.7 Å². The highest BCUT2D eigenvalue weighted by Gasteiger charge is 2.35. The topological polar surface area (TPSA) is 100 Å². The van der Waals surface area contributed by atoms with E-state index in [1.54, 1.807) is 0 Å². The molecule has 5 N–H and O–H groups in total. The number of carbonyl (C=O) groups excluding carboxylic acids is 2. The summed E-state index contributed by atoms with van der Waals surface area (Å²) in [7, 11) is 0. The van der Waals surface area contributed by atoms with Crippen molar-refractivity contribution in [2.24, 2.45) is 29.4 Å². The molecule has 0 bridgehead atoms. The minimum atomic E-state index is -0.698. The van der Waals surface area contributed by atoms with Gasteiger partial charge in [-0.25, -0.2) is 0 Å². The Hall–Kier alpha value is -2.83. The standard InChI is InChI=1S/C30H40N4O2.ClH/c1-19(2)23-14-13-20(3)15-25(23)29(35)33-18-28(21-9-5-4-6-10-21)34-30(36)26(31)16-22-17-32-27-12-8-7-11-24(22)27;/h4-12,17,19-20,23,25-26,28,32H,13-16,18,31H2,1-3H3,(H,33,35)(H,34,36);1H/t20-,23+,25-,26?,28?;/m1./s1. The van der Waals surface area contributed by atoms with Gasteiger partial charge >= 0.3 is 0 Å². The second-order valence-corrected chi connectivity index (χ2v) is 10.8. The molecular formula is C30H41ClN4O2. The van der Waals surface area contributed by atoms with E-state index < -0.39 is 6.04 Å². The van der Waals surface area contributed by atoms with Crippen molar-refractivity contribution in [3.63, 3.8) is 0 Å². The zero-order valence-electron chi connectivity index (χ0n) is 22.1. The van der Waals surface area contributed by atoms with Crippen molar-refractivity contribution in [1.82, 2.24) is 15.6 Å². The maximum Gasteiger partial charge on any atom is 0.237 e. The van der Waals surface area contributed by atoms with Crippen LogP contribution in [0.4, 0.5) is 0 Å². The molecule has 1 aliphatic rings. The Bertz CT molecular complexity index is 1160. The molecule has 1 aliphatic carbocycles. The van der Waals surface area contributed by atoms with E-state index in [4.69, 9.17) is 5.73 Å². The summed E-state index contributed by atoms with van der Waals surface area (Å²) in [6, 6.07) is 16.7. The third-order valence-electron chi connectivity index (χ3n) is 7.81. The molecule has 0 aliphatic heterocycles. The van der Waals surface area contributed by atoms with Crippen molar-refractivity contribution >= 4 is 35.1 Å². The predicted molar refractivity (Wildman–Crippen MR) is 152 cm³/mol. The van der Waals surface area contributed by atoms with Crippen LogP contribution < -0.4 is 16.4 Å². The highest BCUT2D eigenvalue weighted by molar-refractivity contribution is 5.86. The lowest BCUT2D eigenvalue weighted by Gasteiger charge is -2.36. The number of halogens is 1. The van der Waals surface area contributed by atoms with Crippen molar-refractivity contribution in [3.8, 4) is 0 Å². The molecule has 0 radical (unpaired) electrons. The van der Waals surface area contributed by atoms with Crippen LogP contribution in [-0.2, 0) is 16.0 Å². The first-order chi connectivity index (χ1) is 17.3. The number of aromatic amines is 1. The molecule has 0 spiro atoms. The molecule has 1 aromatic heterocycles. The highest BCUT2D eigenvalue weighted by atomic mass is 35.5. The van der Waals surface area contributed by atoms with E-state index in [-0.39, 0.29) is 36.2 Å². The normalized spacial score (nSPS) is 21.2. The second-order valence-electron chi connectivity index (χ2n) is 10.8. The number of fused-ring (bicyclic) bond motifs is 1. The van der Waals surface area contributed by atoms with E-state index in [2.05, 4.69) is 36.4 Å². The molecule has 1 saturated carbocycles. The van der Waals surface area contributed by atoms with Crippen molar-refractivity contribution in [3.05, 3.63) is 71.9 Å². The maximum atomic E-state index is 13.3. The number of rotatable bonds is 9. The number of H-pyrrole nitrogens is 1. The molecule has 1 heterocycles. The lowest BCUT2D eigenvalue weighted by molar-refractivity contribution is -0.130. The molecule has 7 heteroatoms. The highest BCUT2D eigenvalue weighted by Crippen LogP contribution is 2.38. The third-order valence-corrected chi connectivity index (χ3v) is 7.81. The lowest BCUT2D eigenvalue weighted by Crippen LogP contribution is -2.47. The van der Waals surface area contributed by atoms with Gasteiger partial charge in [0.15, 0.2) is 0 Å². The molecular weight excluding hydrogens is 484 g/mol. The monoisotopic (exact) mass is 524 g/mol. The van der Waals surface area contributed by atoms with Crippen LogP contribution in [0.15, 0.2) is 60.8 Å². The molecule has 4 rings (SSSR count). The molecule has 200 valence electrons. The van der Waals surface area contributed by atoms with Crippen LogP contribution in [0.25, 0.3) is 10.9 Å². The Morgan fingerprint density at radius 3 is 2.49 bits per heavy atom. The second kappa shape index (κ2) is 13.1.